The zero-order valence-corrected chi connectivity index (χ0v) is 27.9. The van der Waals surface area contributed by atoms with E-state index in [9.17, 15) is 0 Å². The second kappa shape index (κ2) is 9.22. The summed E-state index contributed by atoms with van der Waals surface area (Å²) in [6.45, 7) is 0. The molecule has 0 bridgehead atoms. The minimum absolute atomic E-state index is 1.28. The van der Waals surface area contributed by atoms with Crippen LogP contribution in [0.3, 0.4) is 0 Å². The summed E-state index contributed by atoms with van der Waals surface area (Å²) in [4.78, 5) is 3.98. The molecule has 0 aliphatic heterocycles. The first-order valence-corrected chi connectivity index (χ1v) is 15.2. The number of rotatable bonds is 1. The summed E-state index contributed by atoms with van der Waals surface area (Å²) in [5.41, 5.74) is 27.5. The van der Waals surface area contributed by atoms with E-state index in [-0.39, 0.29) is 0 Å². The topological polar surface area (TPSA) is 20.7 Å². The van der Waals surface area contributed by atoms with Gasteiger partial charge >= 0.3 is 0 Å². The lowest BCUT2D eigenvalue weighted by molar-refractivity contribution is 1.22. The molecule has 17 heteroatoms. The molecule has 6 rings (SSSR count). The summed E-state index contributed by atoms with van der Waals surface area (Å²) in [6, 6.07) is 0. The molecule has 41 heavy (non-hydrogen) atoms. The summed E-state index contributed by atoms with van der Waals surface area (Å²) in [6.07, 6.45) is 0. The molecule has 0 spiro atoms. The van der Waals surface area contributed by atoms with Crippen LogP contribution in [0.2, 0.25) is 0 Å². The second-order valence-corrected chi connectivity index (χ2v) is 13.1. The minimum Gasteiger partial charge on any atom is -0.355 e. The van der Waals surface area contributed by atoms with Crippen molar-refractivity contribution in [1.29, 1.82) is 0 Å². The Hall–Kier alpha value is -2.55. The van der Waals surface area contributed by atoms with Crippen molar-refractivity contribution in [3.8, 4) is 5.69 Å². The third-order valence-electron chi connectivity index (χ3n) is 11.7. The third kappa shape index (κ3) is 3.41. The maximum Gasteiger partial charge on any atom is 0.144 e. The van der Waals surface area contributed by atoms with Gasteiger partial charge in [-0.1, -0.05) is 60.1 Å². The van der Waals surface area contributed by atoms with Crippen LogP contribution in [-0.2, 0) is 0 Å². The standard InChI is InChI=1S/C24H31B15N2/c25-5-1-2-6(26)8(28)11(31)15(35)20(2)40-21(1)19(39)23-3(5)4-7(27)9(29)12(32)16(36)22(4)41(23)24-17(37)13(33)10(30)14(34)18(24)38/h40H,25-39H2. The Balaban J connectivity index is 2.03. The van der Waals surface area contributed by atoms with Gasteiger partial charge in [0.15, 0.2) is 0 Å². The highest BCUT2D eigenvalue weighted by Crippen LogP contribution is 2.30. The van der Waals surface area contributed by atoms with Crippen LogP contribution in [0, 0.1) is 0 Å². The Labute approximate surface area is 257 Å². The average molecular weight is 510 g/mol. The quantitative estimate of drug-likeness (QED) is 0.213. The zero-order valence-electron chi connectivity index (χ0n) is 27.9. The van der Waals surface area contributed by atoms with E-state index < -0.39 is 0 Å². The average Bonchev–Trinajstić information content (AvgIpc) is 3.52. The highest BCUT2D eigenvalue weighted by molar-refractivity contribution is 6.72. The van der Waals surface area contributed by atoms with Gasteiger partial charge < -0.3 is 9.55 Å². The lowest BCUT2D eigenvalue weighted by Crippen LogP contribution is -2.56. The van der Waals surface area contributed by atoms with Crippen molar-refractivity contribution in [2.75, 3.05) is 0 Å². The largest absolute Gasteiger partial charge is 0.355 e. The molecule has 0 radical (unpaired) electrons. The van der Waals surface area contributed by atoms with E-state index in [0.29, 0.717) is 0 Å². The van der Waals surface area contributed by atoms with E-state index in [1.165, 1.54) is 131 Å². The molecule has 0 saturated carbocycles. The van der Waals surface area contributed by atoms with Gasteiger partial charge in [-0.05, 0) is 16.2 Å². The highest BCUT2D eigenvalue weighted by atomic mass is 15.0. The fourth-order valence-corrected chi connectivity index (χ4v) is 7.97. The summed E-state index contributed by atoms with van der Waals surface area (Å²) in [5, 5.41) is 5.63. The van der Waals surface area contributed by atoms with Crippen LogP contribution in [-0.4, -0.2) is 127 Å². The third-order valence-corrected chi connectivity index (χ3v) is 11.7. The number of hydrogen-bond donors (Lipinski definition) is 1. The summed E-state index contributed by atoms with van der Waals surface area (Å²) in [7, 11) is 34.7. The van der Waals surface area contributed by atoms with Gasteiger partial charge in [-0.25, -0.2) is 0 Å². The molecule has 1 N–H and O–H groups in total. The van der Waals surface area contributed by atoms with E-state index in [0.717, 1.165) is 0 Å². The number of nitrogens with zero attached hydrogens (tertiary/aromatic N) is 1. The fraction of sp³-hybridized carbons (Fsp3) is 0. The van der Waals surface area contributed by atoms with Crippen molar-refractivity contribution >= 4 is 243 Å². The van der Waals surface area contributed by atoms with Gasteiger partial charge in [0.2, 0.25) is 0 Å². The Morgan fingerprint density at radius 1 is 0.293 bits per heavy atom. The molecular weight excluding hydrogens is 478 g/mol. The summed E-state index contributed by atoms with van der Waals surface area (Å²) >= 11 is 0. The van der Waals surface area contributed by atoms with Gasteiger partial charge in [0.05, 0.1) is 0 Å². The van der Waals surface area contributed by atoms with Crippen molar-refractivity contribution in [1.82, 2.24) is 9.55 Å². The lowest BCUT2D eigenvalue weighted by Gasteiger charge is -2.24. The first kappa shape index (κ1) is 28.6. The van der Waals surface area contributed by atoms with Crippen molar-refractivity contribution in [2.24, 2.45) is 0 Å². The first-order valence-electron chi connectivity index (χ1n) is 15.2. The Morgan fingerprint density at radius 3 is 1.20 bits per heavy atom. The number of nitrogens with one attached hydrogen (secondary N) is 1. The normalized spacial score (nSPS) is 11.9. The molecule has 182 valence electrons. The second-order valence-electron chi connectivity index (χ2n) is 13.1. The first-order chi connectivity index (χ1) is 19.1. The molecule has 6 aromatic rings. The van der Waals surface area contributed by atoms with Gasteiger partial charge in [0, 0.05) is 38.5 Å². The SMILES string of the molecule is Bc1c(B)c(B)c(-n2c3c(B)c(B)c(B)c(B)c3c3c(B)c4c([nH]c5c(B)c(B)c(B)c(B)c54)c(B)c32)c(B)c1B. The van der Waals surface area contributed by atoms with Gasteiger partial charge in [-0.15, -0.1) is 16.4 Å². The molecule has 0 fully saturated rings. The lowest BCUT2D eigenvalue weighted by atomic mass is 9.61. The zero-order chi connectivity index (χ0) is 30.1. The maximum absolute atomic E-state index is 3.98. The number of hydrogen-bond acceptors (Lipinski definition) is 0. The van der Waals surface area contributed by atoms with Crippen molar-refractivity contribution in [3.05, 3.63) is 0 Å². The van der Waals surface area contributed by atoms with Crippen LogP contribution in [0.5, 0.6) is 0 Å². The number of H-pyrrole nitrogens is 1. The predicted molar refractivity (Wildman–Crippen MR) is 233 cm³/mol. The number of aromatic amines is 1. The molecule has 2 heterocycles. The fourth-order valence-electron chi connectivity index (χ4n) is 7.97. The molecule has 0 saturated heterocycles. The van der Waals surface area contributed by atoms with E-state index in [2.05, 4.69) is 127 Å². The van der Waals surface area contributed by atoms with Crippen molar-refractivity contribution in [2.45, 2.75) is 0 Å². The molecule has 2 nitrogen and oxygen atoms in total. The van der Waals surface area contributed by atoms with Gasteiger partial charge in [-0.3, -0.25) is 0 Å². The van der Waals surface area contributed by atoms with E-state index in [4.69, 9.17) is 0 Å². The number of benzene rings is 4. The van der Waals surface area contributed by atoms with E-state index in [1.807, 2.05) is 0 Å². The Morgan fingerprint density at radius 2 is 0.634 bits per heavy atom. The number of fused-ring (bicyclic) bond motifs is 6. The molecule has 0 atom stereocenters. The Kier molecular flexibility index (Phi) is 6.43. The van der Waals surface area contributed by atoms with Gasteiger partial charge in [0.1, 0.15) is 118 Å². The monoisotopic (exact) mass is 512 g/mol. The molecular formula is C24H31B15N2. The minimum atomic E-state index is 1.28. The van der Waals surface area contributed by atoms with Crippen LogP contribution >= 0.6 is 0 Å². The summed E-state index contributed by atoms with van der Waals surface area (Å²) < 4.78 is 2.66. The van der Waals surface area contributed by atoms with Crippen LogP contribution in [0.15, 0.2) is 0 Å². The number of aromatic nitrogens is 2. The highest BCUT2D eigenvalue weighted by Gasteiger charge is 2.27. The van der Waals surface area contributed by atoms with Crippen molar-refractivity contribution < 1.29 is 0 Å². The van der Waals surface area contributed by atoms with Crippen LogP contribution in [0.4, 0.5) is 0 Å². The molecule has 0 amide bonds. The van der Waals surface area contributed by atoms with Crippen LogP contribution in [0.1, 0.15) is 0 Å². The maximum atomic E-state index is 3.98. The molecule has 0 aliphatic rings. The van der Waals surface area contributed by atoms with E-state index in [1.54, 1.807) is 0 Å². The molecule has 2 aromatic heterocycles. The van der Waals surface area contributed by atoms with Crippen LogP contribution in [0.25, 0.3) is 49.3 Å². The Bertz CT molecular complexity index is 2180. The smallest absolute Gasteiger partial charge is 0.144 e. The molecule has 0 aliphatic carbocycles. The summed E-state index contributed by atoms with van der Waals surface area (Å²) in [5.74, 6) is 0. The van der Waals surface area contributed by atoms with Crippen molar-refractivity contribution in [3.63, 3.8) is 0 Å². The van der Waals surface area contributed by atoms with Gasteiger partial charge in [0.25, 0.3) is 0 Å². The predicted octanol–water partition coefficient (Wildman–Crippen LogP) is -19.7. The van der Waals surface area contributed by atoms with Crippen LogP contribution < -0.4 is 81.9 Å². The van der Waals surface area contributed by atoms with Gasteiger partial charge in [-0.2, -0.15) is 0 Å². The van der Waals surface area contributed by atoms with E-state index >= 15 is 0 Å². The molecule has 4 aromatic carbocycles. The molecule has 0 unspecified atom stereocenters.